The minimum Gasteiger partial charge on any atom is -0.459 e. The van der Waals surface area contributed by atoms with E-state index in [-0.39, 0.29) is 11.8 Å². The molecule has 1 aromatic carbocycles. The van der Waals surface area contributed by atoms with Gasteiger partial charge in [0.2, 0.25) is 0 Å². The summed E-state index contributed by atoms with van der Waals surface area (Å²) in [6.07, 6.45) is 2.94. The van der Waals surface area contributed by atoms with Crippen LogP contribution in [0.4, 0.5) is 0 Å². The van der Waals surface area contributed by atoms with Crippen LogP contribution in [0.15, 0.2) is 53.1 Å². The molecular weight excluding hydrogens is 334 g/mol. The molecule has 0 unspecified atom stereocenters. The van der Waals surface area contributed by atoms with Crippen molar-refractivity contribution in [2.75, 3.05) is 13.1 Å². The first-order valence-corrected chi connectivity index (χ1v) is 8.75. The fourth-order valence-corrected chi connectivity index (χ4v) is 3.20. The molecule has 2 heterocycles. The number of nitrogens with zero attached hydrogens (tertiary/aromatic N) is 1. The minimum atomic E-state index is -0.700. The van der Waals surface area contributed by atoms with E-state index >= 15 is 0 Å². The summed E-state index contributed by atoms with van der Waals surface area (Å²) in [6, 6.07) is 12.3. The Morgan fingerprint density at radius 1 is 1.08 bits per heavy atom. The van der Waals surface area contributed by atoms with Crippen molar-refractivity contribution in [2.45, 2.75) is 26.7 Å². The number of hydrogen-bond acceptors (Lipinski definition) is 5. The molecule has 138 valence electrons. The number of carbonyl (C=O) groups excluding carboxylic acids is 2. The summed E-state index contributed by atoms with van der Waals surface area (Å²) in [4.78, 5) is 36.8. The zero-order chi connectivity index (χ0) is 18.6. The van der Waals surface area contributed by atoms with Gasteiger partial charge in [0.25, 0.3) is 5.91 Å². The Labute approximate surface area is 152 Å². The van der Waals surface area contributed by atoms with Gasteiger partial charge in [0.15, 0.2) is 11.5 Å². The fraction of sp³-hybridized carbons (Fsp3) is 0.400. The first kappa shape index (κ1) is 18.0. The molecule has 0 atom stereocenters. The maximum Gasteiger partial charge on any atom is 0.361 e. The average molecular weight is 357 g/mol. The third kappa shape index (κ3) is 3.90. The molecular formula is C20H23NO5. The van der Waals surface area contributed by atoms with Crippen molar-refractivity contribution >= 4 is 11.9 Å². The molecule has 1 aliphatic heterocycles. The van der Waals surface area contributed by atoms with E-state index in [0.29, 0.717) is 24.6 Å². The number of para-hydroxylation sites is 1. The SMILES string of the molecule is CC(C)(C(=O)OOc1ccccc1)C1CCN(C(=O)c2ccco2)CC1. The zero-order valence-electron chi connectivity index (χ0n) is 15.0. The van der Waals surface area contributed by atoms with Gasteiger partial charge in [-0.2, -0.15) is 0 Å². The quantitative estimate of drug-likeness (QED) is 0.603. The molecule has 6 nitrogen and oxygen atoms in total. The molecule has 0 spiro atoms. The van der Waals surface area contributed by atoms with Crippen molar-refractivity contribution < 1.29 is 23.8 Å². The lowest BCUT2D eigenvalue weighted by Gasteiger charge is -2.38. The van der Waals surface area contributed by atoms with E-state index in [4.69, 9.17) is 14.2 Å². The van der Waals surface area contributed by atoms with Gasteiger partial charge in [-0.25, -0.2) is 9.68 Å². The normalized spacial score (nSPS) is 15.5. The minimum absolute atomic E-state index is 0.107. The molecule has 0 radical (unpaired) electrons. The van der Waals surface area contributed by atoms with E-state index in [1.807, 2.05) is 19.9 Å². The number of rotatable bonds is 5. The van der Waals surface area contributed by atoms with Crippen LogP contribution in [-0.4, -0.2) is 29.9 Å². The van der Waals surface area contributed by atoms with Crippen molar-refractivity contribution in [3.05, 3.63) is 54.5 Å². The Bertz CT molecular complexity index is 731. The Balaban J connectivity index is 1.53. The third-order valence-corrected chi connectivity index (χ3v) is 5.02. The Morgan fingerprint density at radius 2 is 1.77 bits per heavy atom. The maximum absolute atomic E-state index is 12.5. The lowest BCUT2D eigenvalue weighted by atomic mass is 9.73. The highest BCUT2D eigenvalue weighted by Gasteiger charge is 2.41. The van der Waals surface area contributed by atoms with Crippen LogP contribution in [0.2, 0.25) is 0 Å². The smallest absolute Gasteiger partial charge is 0.361 e. The second kappa shape index (κ2) is 7.64. The fourth-order valence-electron chi connectivity index (χ4n) is 3.20. The van der Waals surface area contributed by atoms with Gasteiger partial charge in [-0.1, -0.05) is 18.2 Å². The van der Waals surface area contributed by atoms with Gasteiger partial charge in [-0.05, 0) is 56.9 Å². The van der Waals surface area contributed by atoms with Gasteiger partial charge in [0.05, 0.1) is 11.7 Å². The maximum atomic E-state index is 12.5. The Morgan fingerprint density at radius 3 is 2.38 bits per heavy atom. The summed E-state index contributed by atoms with van der Waals surface area (Å²) in [7, 11) is 0. The van der Waals surface area contributed by atoms with Gasteiger partial charge < -0.3 is 9.32 Å². The number of piperidine rings is 1. The van der Waals surface area contributed by atoms with Crippen molar-refractivity contribution in [2.24, 2.45) is 11.3 Å². The predicted octanol–water partition coefficient (Wildman–Crippen LogP) is 3.70. The van der Waals surface area contributed by atoms with E-state index < -0.39 is 11.4 Å². The largest absolute Gasteiger partial charge is 0.459 e. The van der Waals surface area contributed by atoms with Crippen LogP contribution >= 0.6 is 0 Å². The molecule has 0 aliphatic carbocycles. The van der Waals surface area contributed by atoms with Crippen molar-refractivity contribution in [1.82, 2.24) is 4.90 Å². The number of carbonyl (C=O) groups is 2. The molecule has 1 aromatic heterocycles. The second-order valence-corrected chi connectivity index (χ2v) is 7.03. The van der Waals surface area contributed by atoms with Crippen LogP contribution in [0, 0.1) is 11.3 Å². The Kier molecular flexibility index (Phi) is 5.30. The molecule has 2 aromatic rings. The average Bonchev–Trinajstić information content (AvgIpc) is 3.21. The van der Waals surface area contributed by atoms with E-state index in [9.17, 15) is 9.59 Å². The predicted molar refractivity (Wildman–Crippen MR) is 94.3 cm³/mol. The summed E-state index contributed by atoms with van der Waals surface area (Å²) < 4.78 is 5.17. The van der Waals surface area contributed by atoms with Gasteiger partial charge in [0, 0.05) is 13.1 Å². The van der Waals surface area contributed by atoms with Crippen LogP contribution < -0.4 is 4.89 Å². The van der Waals surface area contributed by atoms with E-state index in [2.05, 4.69) is 0 Å². The number of hydrogen-bond donors (Lipinski definition) is 0. The molecule has 0 N–H and O–H groups in total. The highest BCUT2D eigenvalue weighted by Crippen LogP contribution is 2.36. The molecule has 6 heteroatoms. The van der Waals surface area contributed by atoms with Crippen LogP contribution in [0.25, 0.3) is 0 Å². The molecule has 26 heavy (non-hydrogen) atoms. The molecule has 0 saturated carbocycles. The summed E-state index contributed by atoms with van der Waals surface area (Å²) >= 11 is 0. The van der Waals surface area contributed by atoms with Crippen LogP contribution in [0.1, 0.15) is 37.2 Å². The van der Waals surface area contributed by atoms with Gasteiger partial charge >= 0.3 is 5.97 Å². The zero-order valence-corrected chi connectivity index (χ0v) is 15.0. The Hall–Kier alpha value is -2.76. The molecule has 1 aliphatic rings. The number of furan rings is 1. The molecule has 1 fully saturated rings. The van der Waals surface area contributed by atoms with Crippen molar-refractivity contribution in [3.63, 3.8) is 0 Å². The standard InChI is InChI=1S/C20H23NO5/c1-20(2,19(23)26-25-16-7-4-3-5-8-16)15-10-12-21(13-11-15)18(22)17-9-6-14-24-17/h3-9,14-15H,10-13H2,1-2H3. The van der Waals surface area contributed by atoms with Crippen LogP contribution in [0.3, 0.4) is 0 Å². The number of likely N-dealkylation sites (tertiary alicyclic amines) is 1. The van der Waals surface area contributed by atoms with E-state index in [1.54, 1.807) is 41.3 Å². The lowest BCUT2D eigenvalue weighted by Crippen LogP contribution is -2.44. The summed E-state index contributed by atoms with van der Waals surface area (Å²) in [5, 5.41) is 0. The molecule has 0 bridgehead atoms. The van der Waals surface area contributed by atoms with Gasteiger partial charge in [-0.15, -0.1) is 0 Å². The second-order valence-electron chi connectivity index (χ2n) is 7.03. The highest BCUT2D eigenvalue weighted by atomic mass is 17.2. The topological polar surface area (TPSA) is 69.0 Å². The lowest BCUT2D eigenvalue weighted by molar-refractivity contribution is -0.227. The third-order valence-electron chi connectivity index (χ3n) is 5.02. The number of benzene rings is 1. The number of amides is 1. The van der Waals surface area contributed by atoms with Gasteiger partial charge in [-0.3, -0.25) is 9.68 Å². The first-order chi connectivity index (χ1) is 12.5. The van der Waals surface area contributed by atoms with Crippen LogP contribution in [-0.2, 0) is 9.68 Å². The highest BCUT2D eigenvalue weighted by molar-refractivity contribution is 5.91. The molecule has 1 saturated heterocycles. The monoisotopic (exact) mass is 357 g/mol. The molecule has 3 rings (SSSR count). The van der Waals surface area contributed by atoms with Crippen molar-refractivity contribution in [3.8, 4) is 5.75 Å². The molecule has 1 amide bonds. The first-order valence-electron chi connectivity index (χ1n) is 8.75. The summed E-state index contributed by atoms with van der Waals surface area (Å²) in [5.74, 6) is 0.419. The summed E-state index contributed by atoms with van der Waals surface area (Å²) in [5.41, 5.74) is -0.700. The van der Waals surface area contributed by atoms with Crippen LogP contribution in [0.5, 0.6) is 5.75 Å². The van der Waals surface area contributed by atoms with E-state index in [1.165, 1.54) is 6.26 Å². The summed E-state index contributed by atoms with van der Waals surface area (Å²) in [6.45, 7) is 4.89. The van der Waals surface area contributed by atoms with E-state index in [0.717, 1.165) is 12.8 Å². The van der Waals surface area contributed by atoms with Crippen molar-refractivity contribution in [1.29, 1.82) is 0 Å². The van der Waals surface area contributed by atoms with Gasteiger partial charge in [0.1, 0.15) is 0 Å².